The second kappa shape index (κ2) is 8.30. The first-order chi connectivity index (χ1) is 11.3. The molecule has 1 aromatic heterocycles. The van der Waals surface area contributed by atoms with Crippen LogP contribution in [0.2, 0.25) is 0 Å². The van der Waals surface area contributed by atoms with E-state index in [1.165, 1.54) is 0 Å². The Hall–Kier alpha value is -1.61. The smallest absolute Gasteiger partial charge is 0.217 e. The van der Waals surface area contributed by atoms with Crippen molar-refractivity contribution in [3.8, 4) is 5.88 Å². The fraction of sp³-hybridized carbons (Fsp3) is 0.667. The van der Waals surface area contributed by atoms with Crippen LogP contribution in [-0.4, -0.2) is 75.5 Å². The molecule has 4 N–H and O–H groups in total. The van der Waals surface area contributed by atoms with E-state index in [1.54, 1.807) is 0 Å². The molecule has 3 heterocycles. The topological polar surface area (TPSA) is 87.9 Å². The normalized spacial score (nSPS) is 19.6. The van der Waals surface area contributed by atoms with Gasteiger partial charge in [-0.3, -0.25) is 4.90 Å². The molecule has 0 saturated carbocycles. The minimum absolute atomic E-state index is 0.608. The van der Waals surface area contributed by atoms with E-state index in [0.29, 0.717) is 18.3 Å². The summed E-state index contributed by atoms with van der Waals surface area (Å²) in [5, 5.41) is 3.35. The van der Waals surface area contributed by atoms with Crippen LogP contribution >= 0.6 is 0 Å². The largest absolute Gasteiger partial charge is 0.476 e. The number of piperazine rings is 1. The Labute approximate surface area is 136 Å². The fourth-order valence-corrected chi connectivity index (χ4v) is 2.86. The number of hydrogen-bond acceptors (Lipinski definition) is 8. The van der Waals surface area contributed by atoms with Crippen molar-refractivity contribution in [3.05, 3.63) is 12.1 Å². The highest BCUT2D eigenvalue weighted by Gasteiger charge is 2.14. The average Bonchev–Trinajstić information content (AvgIpc) is 2.63. The van der Waals surface area contributed by atoms with Crippen molar-refractivity contribution < 1.29 is 9.47 Å². The molecule has 3 rings (SSSR count). The zero-order valence-electron chi connectivity index (χ0n) is 13.5. The van der Waals surface area contributed by atoms with Crippen LogP contribution in [0.3, 0.4) is 0 Å². The molecular formula is C15H26N6O2. The number of pyridine rings is 1. The molecular weight excluding hydrogens is 296 g/mol. The summed E-state index contributed by atoms with van der Waals surface area (Å²) in [6.45, 7) is 9.00. The van der Waals surface area contributed by atoms with E-state index in [9.17, 15) is 0 Å². The fourth-order valence-electron chi connectivity index (χ4n) is 2.86. The quantitative estimate of drug-likeness (QED) is 0.477. The third kappa shape index (κ3) is 4.68. The first-order valence-electron chi connectivity index (χ1n) is 8.22. The molecule has 0 amide bonds. The van der Waals surface area contributed by atoms with Crippen LogP contribution in [-0.2, 0) is 4.74 Å². The van der Waals surface area contributed by atoms with Crippen LogP contribution in [0.1, 0.15) is 0 Å². The molecule has 0 unspecified atom stereocenters. The first kappa shape index (κ1) is 16.3. The van der Waals surface area contributed by atoms with Crippen molar-refractivity contribution in [3.63, 3.8) is 0 Å². The Morgan fingerprint density at radius 3 is 2.74 bits per heavy atom. The summed E-state index contributed by atoms with van der Waals surface area (Å²) in [6, 6.07) is 3.92. The Balaban J connectivity index is 1.58. The lowest BCUT2D eigenvalue weighted by Crippen LogP contribution is -2.44. The van der Waals surface area contributed by atoms with Gasteiger partial charge in [-0.25, -0.2) is 5.84 Å². The molecule has 8 nitrogen and oxygen atoms in total. The van der Waals surface area contributed by atoms with Gasteiger partial charge in [0.1, 0.15) is 12.4 Å². The number of ether oxygens (including phenoxy) is 2. The van der Waals surface area contributed by atoms with E-state index in [0.717, 1.165) is 64.7 Å². The molecule has 128 valence electrons. The first-order valence-corrected chi connectivity index (χ1v) is 8.22. The van der Waals surface area contributed by atoms with E-state index in [-0.39, 0.29) is 0 Å². The summed E-state index contributed by atoms with van der Waals surface area (Å²) in [6.07, 6.45) is 0. The summed E-state index contributed by atoms with van der Waals surface area (Å²) in [5.74, 6) is 6.76. The van der Waals surface area contributed by atoms with Crippen LogP contribution in [0.5, 0.6) is 5.88 Å². The van der Waals surface area contributed by atoms with Gasteiger partial charge in [0, 0.05) is 63.6 Å². The lowest BCUT2D eigenvalue weighted by atomic mass is 10.3. The number of nitrogens with zero attached hydrogens (tertiary/aromatic N) is 3. The lowest BCUT2D eigenvalue weighted by molar-refractivity contribution is 0.122. The SMILES string of the molecule is NNc1cc(N2CCOCC2)cc(OCCN2CCNCC2)n1. The highest BCUT2D eigenvalue weighted by molar-refractivity contribution is 5.56. The van der Waals surface area contributed by atoms with Gasteiger partial charge in [0.15, 0.2) is 0 Å². The number of aromatic nitrogens is 1. The Morgan fingerprint density at radius 1 is 1.22 bits per heavy atom. The van der Waals surface area contributed by atoms with Gasteiger partial charge in [-0.2, -0.15) is 4.98 Å². The lowest BCUT2D eigenvalue weighted by Gasteiger charge is -2.29. The molecule has 2 aliphatic rings. The van der Waals surface area contributed by atoms with Gasteiger partial charge in [0.2, 0.25) is 5.88 Å². The minimum Gasteiger partial charge on any atom is -0.476 e. The van der Waals surface area contributed by atoms with Crippen molar-refractivity contribution in [2.75, 3.05) is 76.0 Å². The van der Waals surface area contributed by atoms with Gasteiger partial charge in [-0.1, -0.05) is 0 Å². The highest BCUT2D eigenvalue weighted by Crippen LogP contribution is 2.24. The zero-order valence-corrected chi connectivity index (χ0v) is 13.5. The number of hydrazine groups is 1. The molecule has 1 aromatic rings. The number of nitrogens with one attached hydrogen (secondary N) is 2. The van der Waals surface area contributed by atoms with Crippen LogP contribution < -0.4 is 26.2 Å². The van der Waals surface area contributed by atoms with E-state index in [2.05, 4.69) is 25.5 Å². The molecule has 23 heavy (non-hydrogen) atoms. The third-order valence-electron chi connectivity index (χ3n) is 4.18. The Bertz CT molecular complexity index is 489. The van der Waals surface area contributed by atoms with Crippen molar-refractivity contribution in [1.82, 2.24) is 15.2 Å². The van der Waals surface area contributed by atoms with Crippen LogP contribution in [0.25, 0.3) is 0 Å². The second-order valence-corrected chi connectivity index (χ2v) is 5.73. The number of morpholine rings is 1. The van der Waals surface area contributed by atoms with E-state index >= 15 is 0 Å². The summed E-state index contributed by atoms with van der Waals surface area (Å²) < 4.78 is 11.3. The zero-order chi connectivity index (χ0) is 15.9. The standard InChI is InChI=1S/C15H26N6O2/c16-19-14-11-13(21-6-8-22-9-7-21)12-15(18-14)23-10-5-20-3-1-17-2-4-20/h11-12,17H,1-10,16H2,(H,18,19). The van der Waals surface area contributed by atoms with E-state index in [1.807, 2.05) is 12.1 Å². The summed E-state index contributed by atoms with van der Waals surface area (Å²) in [7, 11) is 0. The van der Waals surface area contributed by atoms with Gasteiger partial charge in [-0.15, -0.1) is 0 Å². The maximum Gasteiger partial charge on any atom is 0.217 e. The van der Waals surface area contributed by atoms with Gasteiger partial charge < -0.3 is 25.1 Å². The van der Waals surface area contributed by atoms with Gasteiger partial charge in [0.25, 0.3) is 0 Å². The van der Waals surface area contributed by atoms with Crippen LogP contribution in [0.15, 0.2) is 12.1 Å². The Kier molecular flexibility index (Phi) is 5.87. The summed E-state index contributed by atoms with van der Waals surface area (Å²) in [4.78, 5) is 9.03. The highest BCUT2D eigenvalue weighted by atomic mass is 16.5. The molecule has 2 fully saturated rings. The van der Waals surface area contributed by atoms with Crippen molar-refractivity contribution >= 4 is 11.5 Å². The third-order valence-corrected chi connectivity index (χ3v) is 4.18. The molecule has 0 radical (unpaired) electrons. The van der Waals surface area contributed by atoms with Crippen LogP contribution in [0.4, 0.5) is 11.5 Å². The predicted octanol–water partition coefficient (Wildman–Crippen LogP) is -0.512. The number of anilines is 2. The van der Waals surface area contributed by atoms with Crippen molar-refractivity contribution in [2.24, 2.45) is 5.84 Å². The van der Waals surface area contributed by atoms with E-state index < -0.39 is 0 Å². The maximum atomic E-state index is 5.86. The Morgan fingerprint density at radius 2 is 2.00 bits per heavy atom. The second-order valence-electron chi connectivity index (χ2n) is 5.73. The molecule has 0 spiro atoms. The monoisotopic (exact) mass is 322 g/mol. The van der Waals surface area contributed by atoms with E-state index in [4.69, 9.17) is 15.3 Å². The number of hydrogen-bond donors (Lipinski definition) is 3. The molecule has 0 atom stereocenters. The van der Waals surface area contributed by atoms with Crippen molar-refractivity contribution in [2.45, 2.75) is 0 Å². The molecule has 0 bridgehead atoms. The van der Waals surface area contributed by atoms with Crippen LogP contribution in [0, 0.1) is 0 Å². The maximum absolute atomic E-state index is 5.86. The number of rotatable bonds is 6. The molecule has 8 heteroatoms. The minimum atomic E-state index is 0.608. The molecule has 2 saturated heterocycles. The predicted molar refractivity (Wildman–Crippen MR) is 89.9 cm³/mol. The molecule has 0 aromatic carbocycles. The molecule has 2 aliphatic heterocycles. The summed E-state index contributed by atoms with van der Waals surface area (Å²) >= 11 is 0. The van der Waals surface area contributed by atoms with Gasteiger partial charge >= 0.3 is 0 Å². The average molecular weight is 322 g/mol. The van der Waals surface area contributed by atoms with Crippen molar-refractivity contribution in [1.29, 1.82) is 0 Å². The number of nitrogen functional groups attached to an aromatic ring is 1. The number of nitrogens with two attached hydrogens (primary N) is 1. The van der Waals surface area contributed by atoms with Gasteiger partial charge in [0.05, 0.1) is 13.2 Å². The summed E-state index contributed by atoms with van der Waals surface area (Å²) in [5.41, 5.74) is 3.68. The van der Waals surface area contributed by atoms with Gasteiger partial charge in [-0.05, 0) is 0 Å². The molecule has 0 aliphatic carbocycles.